The summed E-state index contributed by atoms with van der Waals surface area (Å²) in [6, 6.07) is 18.7. The van der Waals surface area contributed by atoms with E-state index in [1.165, 1.54) is 7.11 Å². The third kappa shape index (κ3) is 6.32. The first-order valence-electron chi connectivity index (χ1n) is 11.5. The van der Waals surface area contributed by atoms with Crippen molar-refractivity contribution < 1.29 is 28.6 Å². The van der Waals surface area contributed by atoms with E-state index in [2.05, 4.69) is 15.6 Å². The van der Waals surface area contributed by atoms with E-state index in [0.29, 0.717) is 40.7 Å². The van der Waals surface area contributed by atoms with Crippen molar-refractivity contribution in [3.05, 3.63) is 71.8 Å². The number of para-hydroxylation sites is 1. The zero-order chi connectivity index (χ0) is 25.5. The van der Waals surface area contributed by atoms with Crippen LogP contribution in [0.25, 0.3) is 11.1 Å². The van der Waals surface area contributed by atoms with Gasteiger partial charge in [-0.1, -0.05) is 24.3 Å². The number of oxazole rings is 1. The van der Waals surface area contributed by atoms with Crippen LogP contribution in [0.5, 0.6) is 11.5 Å². The number of carbonyl (C=O) groups is 2. The molecule has 3 N–H and O–H groups in total. The van der Waals surface area contributed by atoms with Crippen LogP contribution in [-0.4, -0.2) is 35.7 Å². The summed E-state index contributed by atoms with van der Waals surface area (Å²) in [5.41, 5.74) is 4.57. The Kier molecular flexibility index (Phi) is 7.69. The van der Waals surface area contributed by atoms with Gasteiger partial charge in [-0.15, -0.1) is 0 Å². The molecule has 4 rings (SSSR count). The highest BCUT2D eigenvalue weighted by Crippen LogP contribution is 2.31. The third-order valence-corrected chi connectivity index (χ3v) is 5.44. The van der Waals surface area contributed by atoms with Crippen LogP contribution in [-0.2, 0) is 16.0 Å². The van der Waals surface area contributed by atoms with Gasteiger partial charge in [0, 0.05) is 23.9 Å². The normalized spacial score (nSPS) is 10.7. The number of carboxylic acid groups (broad SMARTS) is 1. The molecule has 1 aromatic heterocycles. The highest BCUT2D eigenvalue weighted by molar-refractivity contribution is 5.93. The first-order valence-corrected chi connectivity index (χ1v) is 11.5. The molecule has 0 bridgehead atoms. The van der Waals surface area contributed by atoms with Crippen LogP contribution in [0.1, 0.15) is 24.0 Å². The number of carbonyl (C=O) groups excluding carboxylic acids is 1. The van der Waals surface area contributed by atoms with E-state index in [1.54, 1.807) is 24.3 Å². The molecule has 3 aromatic carbocycles. The molecular formula is C27H27N3O6. The molecule has 0 aliphatic carbocycles. The van der Waals surface area contributed by atoms with Gasteiger partial charge in [0.2, 0.25) is 5.91 Å². The van der Waals surface area contributed by atoms with Gasteiger partial charge in [0.15, 0.2) is 17.1 Å². The average molecular weight is 490 g/mol. The van der Waals surface area contributed by atoms with E-state index < -0.39 is 5.97 Å². The highest BCUT2D eigenvalue weighted by Gasteiger charge is 2.12. The smallest absolute Gasteiger partial charge is 0.303 e. The Bertz CT molecular complexity index is 1380. The van der Waals surface area contributed by atoms with Crippen molar-refractivity contribution in [1.82, 2.24) is 4.98 Å². The zero-order valence-electron chi connectivity index (χ0n) is 20.0. The summed E-state index contributed by atoms with van der Waals surface area (Å²) in [5, 5.41) is 14.8. The lowest BCUT2D eigenvalue weighted by Crippen LogP contribution is -2.14. The average Bonchev–Trinajstić information content (AvgIpc) is 3.25. The second kappa shape index (κ2) is 11.3. The SMILES string of the molecule is COc1ccc(NC(=O)Cc2ccc3nc(Nc4ccccc4C)oc3c2)cc1OCCCC(=O)O. The number of carboxylic acids is 1. The van der Waals surface area contributed by atoms with E-state index in [1.807, 2.05) is 43.3 Å². The summed E-state index contributed by atoms with van der Waals surface area (Å²) in [7, 11) is 1.51. The van der Waals surface area contributed by atoms with Gasteiger partial charge in [0.25, 0.3) is 6.01 Å². The molecule has 0 aliphatic heterocycles. The third-order valence-electron chi connectivity index (χ3n) is 5.44. The van der Waals surface area contributed by atoms with Gasteiger partial charge in [-0.05, 0) is 54.8 Å². The predicted molar refractivity (Wildman–Crippen MR) is 136 cm³/mol. The number of rotatable bonds is 11. The van der Waals surface area contributed by atoms with Crippen LogP contribution in [0, 0.1) is 6.92 Å². The number of benzene rings is 3. The summed E-state index contributed by atoms with van der Waals surface area (Å²) >= 11 is 0. The lowest BCUT2D eigenvalue weighted by Gasteiger charge is -2.13. The fourth-order valence-electron chi connectivity index (χ4n) is 3.62. The minimum absolute atomic E-state index is 0.0116. The monoisotopic (exact) mass is 489 g/mol. The molecule has 0 radical (unpaired) electrons. The second-order valence-corrected chi connectivity index (χ2v) is 8.20. The van der Waals surface area contributed by atoms with Crippen LogP contribution in [0.15, 0.2) is 65.1 Å². The van der Waals surface area contributed by atoms with E-state index in [4.69, 9.17) is 19.0 Å². The Hall–Kier alpha value is -4.53. The maximum atomic E-state index is 12.7. The first kappa shape index (κ1) is 24.6. The number of ether oxygens (including phenoxy) is 2. The molecule has 186 valence electrons. The number of hydrogen-bond acceptors (Lipinski definition) is 7. The molecule has 1 heterocycles. The summed E-state index contributed by atoms with van der Waals surface area (Å²) in [5.74, 6) is -0.172. The molecule has 0 aliphatic rings. The van der Waals surface area contributed by atoms with Crippen molar-refractivity contribution in [2.75, 3.05) is 24.4 Å². The molecule has 0 saturated carbocycles. The number of nitrogens with one attached hydrogen (secondary N) is 2. The minimum Gasteiger partial charge on any atom is -0.493 e. The van der Waals surface area contributed by atoms with Crippen LogP contribution >= 0.6 is 0 Å². The van der Waals surface area contributed by atoms with Crippen molar-refractivity contribution in [2.24, 2.45) is 0 Å². The van der Waals surface area contributed by atoms with Crippen molar-refractivity contribution in [1.29, 1.82) is 0 Å². The predicted octanol–water partition coefficient (Wildman–Crippen LogP) is 5.31. The number of anilines is 3. The number of amides is 1. The Balaban J connectivity index is 1.40. The fraction of sp³-hybridized carbons (Fsp3) is 0.222. The largest absolute Gasteiger partial charge is 0.493 e. The van der Waals surface area contributed by atoms with Crippen molar-refractivity contribution in [3.63, 3.8) is 0 Å². The van der Waals surface area contributed by atoms with Gasteiger partial charge in [0.1, 0.15) is 5.52 Å². The molecule has 0 spiro atoms. The highest BCUT2D eigenvalue weighted by atomic mass is 16.5. The van der Waals surface area contributed by atoms with Crippen LogP contribution in [0.4, 0.5) is 17.4 Å². The number of nitrogens with zero attached hydrogens (tertiary/aromatic N) is 1. The van der Waals surface area contributed by atoms with Gasteiger partial charge in [0.05, 0.1) is 20.1 Å². The van der Waals surface area contributed by atoms with Crippen molar-refractivity contribution in [2.45, 2.75) is 26.2 Å². The minimum atomic E-state index is -0.881. The quantitative estimate of drug-likeness (QED) is 0.242. The number of aryl methyl sites for hydroxylation is 1. The van der Waals surface area contributed by atoms with E-state index in [-0.39, 0.29) is 25.4 Å². The molecule has 0 fully saturated rings. The summed E-state index contributed by atoms with van der Waals surface area (Å²) in [6.07, 6.45) is 0.511. The van der Waals surface area contributed by atoms with Crippen molar-refractivity contribution in [3.8, 4) is 11.5 Å². The number of fused-ring (bicyclic) bond motifs is 1. The molecule has 9 nitrogen and oxygen atoms in total. The van der Waals surface area contributed by atoms with Gasteiger partial charge in [-0.3, -0.25) is 9.59 Å². The van der Waals surface area contributed by atoms with Crippen LogP contribution in [0.3, 0.4) is 0 Å². The Morgan fingerprint density at radius 2 is 1.89 bits per heavy atom. The van der Waals surface area contributed by atoms with Gasteiger partial charge in [-0.2, -0.15) is 4.98 Å². The van der Waals surface area contributed by atoms with E-state index in [0.717, 1.165) is 16.8 Å². The number of aromatic nitrogens is 1. The number of aliphatic carboxylic acids is 1. The van der Waals surface area contributed by atoms with Crippen LogP contribution in [0.2, 0.25) is 0 Å². The molecule has 0 atom stereocenters. The molecule has 9 heteroatoms. The van der Waals surface area contributed by atoms with Gasteiger partial charge in [-0.25, -0.2) is 0 Å². The lowest BCUT2D eigenvalue weighted by atomic mass is 10.1. The number of methoxy groups -OCH3 is 1. The van der Waals surface area contributed by atoms with E-state index in [9.17, 15) is 9.59 Å². The molecule has 0 unspecified atom stereocenters. The molecular weight excluding hydrogens is 462 g/mol. The van der Waals surface area contributed by atoms with E-state index >= 15 is 0 Å². The molecule has 36 heavy (non-hydrogen) atoms. The maximum absolute atomic E-state index is 12.7. The van der Waals surface area contributed by atoms with Crippen LogP contribution < -0.4 is 20.1 Å². The summed E-state index contributed by atoms with van der Waals surface area (Å²) in [4.78, 5) is 27.8. The summed E-state index contributed by atoms with van der Waals surface area (Å²) in [6.45, 7) is 2.22. The second-order valence-electron chi connectivity index (χ2n) is 8.20. The molecule has 1 amide bonds. The Morgan fingerprint density at radius 3 is 2.67 bits per heavy atom. The van der Waals surface area contributed by atoms with Gasteiger partial charge < -0.3 is 29.6 Å². The fourth-order valence-corrected chi connectivity index (χ4v) is 3.62. The maximum Gasteiger partial charge on any atom is 0.303 e. The molecule has 0 saturated heterocycles. The Morgan fingerprint density at radius 1 is 1.06 bits per heavy atom. The standard InChI is InChI=1S/C27H27N3O6/c1-17-6-3-4-7-20(17)29-27-30-21-11-9-18(14-23(21)36-27)15-25(31)28-19-10-12-22(34-2)24(16-19)35-13-5-8-26(32)33/h3-4,6-7,9-12,14,16H,5,8,13,15H2,1-2H3,(H,28,31)(H,29,30)(H,32,33). The lowest BCUT2D eigenvalue weighted by molar-refractivity contribution is -0.137. The zero-order valence-corrected chi connectivity index (χ0v) is 20.0. The topological polar surface area (TPSA) is 123 Å². The van der Waals surface area contributed by atoms with Crippen molar-refractivity contribution >= 4 is 40.4 Å². The summed E-state index contributed by atoms with van der Waals surface area (Å²) < 4.78 is 16.8. The Labute approximate surface area is 208 Å². The molecule has 4 aromatic rings. The first-order chi connectivity index (χ1) is 17.4. The van der Waals surface area contributed by atoms with Gasteiger partial charge >= 0.3 is 5.97 Å². The number of hydrogen-bond donors (Lipinski definition) is 3.